The van der Waals surface area contributed by atoms with E-state index in [2.05, 4.69) is 34.2 Å². The molecule has 41 heavy (non-hydrogen) atoms. The molecule has 0 radical (unpaired) electrons. The van der Waals surface area contributed by atoms with Crippen LogP contribution in [0.5, 0.6) is 0 Å². The molecule has 0 saturated carbocycles. The minimum absolute atomic E-state index is 0.358. The summed E-state index contributed by atoms with van der Waals surface area (Å²) in [5, 5.41) is 2.82. The van der Waals surface area contributed by atoms with Crippen LogP contribution in [-0.4, -0.2) is 47.3 Å². The average Bonchev–Trinajstić information content (AvgIpc) is 3.35. The van der Waals surface area contributed by atoms with Crippen molar-refractivity contribution in [3.8, 4) is 11.1 Å². The van der Waals surface area contributed by atoms with Crippen LogP contribution in [0.4, 0.5) is 17.2 Å². The van der Waals surface area contributed by atoms with Gasteiger partial charge in [0.1, 0.15) is 11.5 Å². The van der Waals surface area contributed by atoms with Gasteiger partial charge in [-0.15, -0.1) is 0 Å². The fourth-order valence-electron chi connectivity index (χ4n) is 5.59. The van der Waals surface area contributed by atoms with Gasteiger partial charge in [-0.1, -0.05) is 30.3 Å². The molecule has 1 saturated heterocycles. The molecule has 7 heteroatoms. The predicted octanol–water partition coefficient (Wildman–Crippen LogP) is 6.07. The first-order chi connectivity index (χ1) is 19.9. The summed E-state index contributed by atoms with van der Waals surface area (Å²) in [7, 11) is 0. The fraction of sp³-hybridized carbons (Fsp3) is 0.206. The maximum Gasteiger partial charge on any atom is 0.298 e. The van der Waals surface area contributed by atoms with Crippen LogP contribution in [0, 0.1) is 20.8 Å². The van der Waals surface area contributed by atoms with Crippen molar-refractivity contribution in [2.75, 3.05) is 41.3 Å². The van der Waals surface area contributed by atoms with E-state index in [4.69, 9.17) is 4.98 Å². The molecule has 0 spiro atoms. The Morgan fingerprint density at radius 1 is 0.756 bits per heavy atom. The monoisotopic (exact) mass is 543 g/mol. The highest BCUT2D eigenvalue weighted by molar-refractivity contribution is 6.47. The van der Waals surface area contributed by atoms with Crippen LogP contribution < -0.4 is 15.1 Å². The first-order valence-corrected chi connectivity index (χ1v) is 13.9. The molecule has 4 heterocycles. The first-order valence-electron chi connectivity index (χ1n) is 13.9. The second-order valence-electron chi connectivity index (χ2n) is 10.7. The maximum atomic E-state index is 13.6. The molecule has 0 aliphatic carbocycles. The normalized spacial score (nSPS) is 13.4. The largest absolute Gasteiger partial charge is 0.368 e. The zero-order valence-electron chi connectivity index (χ0n) is 23.6. The number of benzene rings is 2. The van der Waals surface area contributed by atoms with E-state index in [-0.39, 0.29) is 0 Å². The number of aryl methyl sites for hydroxylation is 3. The minimum atomic E-state index is -0.662. The van der Waals surface area contributed by atoms with Crippen LogP contribution in [0.15, 0.2) is 91.1 Å². The van der Waals surface area contributed by atoms with E-state index in [1.165, 1.54) is 5.56 Å². The molecule has 3 aromatic heterocycles. The van der Waals surface area contributed by atoms with Gasteiger partial charge in [0.15, 0.2) is 0 Å². The van der Waals surface area contributed by atoms with Gasteiger partial charge < -0.3 is 19.5 Å². The lowest BCUT2D eigenvalue weighted by molar-refractivity contribution is -0.112. The number of aromatic nitrogens is 2. The van der Waals surface area contributed by atoms with Crippen LogP contribution in [0.3, 0.4) is 0 Å². The summed E-state index contributed by atoms with van der Waals surface area (Å²) in [5.41, 5.74) is 7.88. The number of Topliss-reactive ketones (excluding diaryl/α,β-unsaturated/α-hetero) is 1. The molecule has 7 nitrogen and oxygen atoms in total. The maximum absolute atomic E-state index is 13.6. The van der Waals surface area contributed by atoms with Crippen molar-refractivity contribution in [2.24, 2.45) is 0 Å². The van der Waals surface area contributed by atoms with Crippen LogP contribution >= 0.6 is 0 Å². The number of carbonyl (C=O) groups is 2. The SMILES string of the molecule is Cc1cc(C)nc(N2CCN(c3ccc(NC(=O)C(=O)c4c(-c5ccccc5)cc5cc(C)ccn45)cc3)CC2)c1. The summed E-state index contributed by atoms with van der Waals surface area (Å²) in [6, 6.07) is 27.6. The van der Waals surface area contributed by atoms with Crippen molar-refractivity contribution in [3.05, 3.63) is 114 Å². The molecule has 1 fully saturated rings. The van der Waals surface area contributed by atoms with E-state index in [0.717, 1.165) is 65.6 Å². The number of hydrogen-bond donors (Lipinski definition) is 1. The van der Waals surface area contributed by atoms with Gasteiger partial charge in [-0.3, -0.25) is 9.59 Å². The van der Waals surface area contributed by atoms with Crippen molar-refractivity contribution < 1.29 is 9.59 Å². The highest BCUT2D eigenvalue weighted by Gasteiger charge is 2.25. The quantitative estimate of drug-likeness (QED) is 0.208. The van der Waals surface area contributed by atoms with Gasteiger partial charge in [0, 0.05) is 60.5 Å². The van der Waals surface area contributed by atoms with Gasteiger partial charge in [-0.25, -0.2) is 4.98 Å². The number of anilines is 3. The second-order valence-corrected chi connectivity index (χ2v) is 10.7. The predicted molar refractivity (Wildman–Crippen MR) is 165 cm³/mol. The van der Waals surface area contributed by atoms with E-state index >= 15 is 0 Å². The molecular formula is C34H33N5O2. The Morgan fingerprint density at radius 3 is 2.17 bits per heavy atom. The molecule has 1 aliphatic rings. The van der Waals surface area contributed by atoms with Crippen LogP contribution in [0.2, 0.25) is 0 Å². The van der Waals surface area contributed by atoms with Crippen molar-refractivity contribution in [3.63, 3.8) is 0 Å². The van der Waals surface area contributed by atoms with E-state index in [1.54, 1.807) is 4.40 Å². The first kappa shape index (κ1) is 26.3. The molecule has 206 valence electrons. The zero-order valence-corrected chi connectivity index (χ0v) is 23.6. The fourth-order valence-corrected chi connectivity index (χ4v) is 5.59. The third kappa shape index (κ3) is 5.43. The average molecular weight is 544 g/mol. The number of ketones is 1. The van der Waals surface area contributed by atoms with Gasteiger partial charge in [0.25, 0.3) is 11.7 Å². The van der Waals surface area contributed by atoms with E-state index in [9.17, 15) is 9.59 Å². The molecule has 5 aromatic rings. The van der Waals surface area contributed by atoms with Crippen LogP contribution in [0.1, 0.15) is 27.3 Å². The zero-order chi connectivity index (χ0) is 28.5. The van der Waals surface area contributed by atoms with Gasteiger partial charge in [-0.05, 0) is 92.1 Å². The Bertz CT molecular complexity index is 1710. The highest BCUT2D eigenvalue weighted by atomic mass is 16.2. The lowest BCUT2D eigenvalue weighted by atomic mass is 10.0. The van der Waals surface area contributed by atoms with Crippen LogP contribution in [0.25, 0.3) is 16.6 Å². The molecule has 0 unspecified atom stereocenters. The Morgan fingerprint density at radius 2 is 1.46 bits per heavy atom. The van der Waals surface area contributed by atoms with E-state index in [1.807, 2.05) is 92.8 Å². The van der Waals surface area contributed by atoms with Gasteiger partial charge in [0.2, 0.25) is 0 Å². The summed E-state index contributed by atoms with van der Waals surface area (Å²) >= 11 is 0. The van der Waals surface area contributed by atoms with Gasteiger partial charge in [-0.2, -0.15) is 0 Å². The second kappa shape index (κ2) is 10.9. The molecule has 6 rings (SSSR count). The number of nitrogens with one attached hydrogen (secondary N) is 1. The molecule has 1 aliphatic heterocycles. The van der Waals surface area contributed by atoms with Gasteiger partial charge in [0.05, 0.1) is 0 Å². The highest BCUT2D eigenvalue weighted by Crippen LogP contribution is 2.29. The third-order valence-electron chi connectivity index (χ3n) is 7.61. The van der Waals surface area contributed by atoms with Crippen molar-refractivity contribution in [2.45, 2.75) is 20.8 Å². The Kier molecular flexibility index (Phi) is 7.01. The van der Waals surface area contributed by atoms with E-state index < -0.39 is 11.7 Å². The lowest BCUT2D eigenvalue weighted by Crippen LogP contribution is -2.46. The van der Waals surface area contributed by atoms with Gasteiger partial charge >= 0.3 is 0 Å². The van der Waals surface area contributed by atoms with Crippen LogP contribution in [-0.2, 0) is 4.79 Å². The van der Waals surface area contributed by atoms with E-state index in [0.29, 0.717) is 11.4 Å². The number of carbonyl (C=O) groups excluding carboxylic acids is 2. The number of fused-ring (bicyclic) bond motifs is 1. The summed E-state index contributed by atoms with van der Waals surface area (Å²) in [5.74, 6) is -0.204. The minimum Gasteiger partial charge on any atom is -0.368 e. The molecule has 2 aromatic carbocycles. The molecule has 1 amide bonds. The third-order valence-corrected chi connectivity index (χ3v) is 7.61. The Hall–Kier alpha value is -4.91. The standard InChI is InChI=1S/C34H33N5O2/c1-23-13-14-39-29(20-23)22-30(26-7-5-4-6-8-26)32(39)33(40)34(41)36-27-9-11-28(12-10-27)37-15-17-38(18-16-37)31-21-24(2)19-25(3)35-31/h4-14,19-22H,15-18H2,1-3H3,(H,36,41). The summed E-state index contributed by atoms with van der Waals surface area (Å²) in [4.78, 5) is 36.1. The Labute approximate surface area is 240 Å². The number of hydrogen-bond acceptors (Lipinski definition) is 5. The van der Waals surface area contributed by atoms with Crippen molar-refractivity contribution in [1.29, 1.82) is 0 Å². The molecule has 0 bridgehead atoms. The lowest BCUT2D eigenvalue weighted by Gasteiger charge is -2.37. The topological polar surface area (TPSA) is 70.0 Å². The summed E-state index contributed by atoms with van der Waals surface area (Å²) in [6.45, 7) is 9.67. The molecule has 0 atom stereocenters. The molecule has 1 N–H and O–H groups in total. The van der Waals surface area contributed by atoms with Crippen molar-refractivity contribution in [1.82, 2.24) is 9.38 Å². The number of rotatable bonds is 6. The summed E-state index contributed by atoms with van der Waals surface area (Å²) in [6.07, 6.45) is 1.85. The summed E-state index contributed by atoms with van der Waals surface area (Å²) < 4.78 is 1.80. The smallest absolute Gasteiger partial charge is 0.298 e. The number of nitrogens with zero attached hydrogens (tertiary/aromatic N) is 4. The van der Waals surface area contributed by atoms with Crippen molar-refractivity contribution >= 4 is 34.4 Å². The number of pyridine rings is 2. The number of amides is 1. The Balaban J connectivity index is 1.16. The number of piperazine rings is 1. The molecular weight excluding hydrogens is 510 g/mol.